The molecule has 0 aromatic heterocycles. The van der Waals surface area contributed by atoms with E-state index >= 15 is 0 Å². The van der Waals surface area contributed by atoms with Crippen molar-refractivity contribution in [1.82, 2.24) is 4.90 Å². The number of nitrogens with zero attached hydrogens (tertiary/aromatic N) is 1. The maximum absolute atomic E-state index is 2.95. The van der Waals surface area contributed by atoms with E-state index in [0.717, 1.165) is 0 Å². The maximum atomic E-state index is 2.95. The molecule has 2 heteroatoms. The molecule has 1 nitrogen and oxygen atoms in total. The second kappa shape index (κ2) is 26.2. The average Bonchev–Trinajstić information content (AvgIpc) is 2.81. The van der Waals surface area contributed by atoms with Gasteiger partial charge >= 0.3 is 0 Å². The molecule has 0 aromatic carbocycles. The maximum Gasteiger partial charge on any atom is 0.0158 e. The fourth-order valence-corrected chi connectivity index (χ4v) is 6.13. The minimum absolute atomic E-state index is 0. The zero-order valence-corrected chi connectivity index (χ0v) is 29.1. The van der Waals surface area contributed by atoms with Gasteiger partial charge in [0.1, 0.15) is 0 Å². The summed E-state index contributed by atoms with van der Waals surface area (Å²) >= 11 is 0. The quantitative estimate of drug-likeness (QED) is 0.0775. The Labute approximate surface area is 253 Å². The largest absolute Gasteiger partial charge is 0.293 e. The van der Waals surface area contributed by atoms with Crippen LogP contribution in [0.1, 0.15) is 203 Å². The van der Waals surface area contributed by atoms with Crippen molar-refractivity contribution in [3.8, 4) is 0 Å². The molecular weight excluding hydrogens is 445 g/mol. The summed E-state index contributed by atoms with van der Waals surface area (Å²) in [5, 5.41) is 0. The molecular formula is C34H71NNa. The van der Waals surface area contributed by atoms with Gasteiger partial charge in [0.25, 0.3) is 0 Å². The van der Waals surface area contributed by atoms with Crippen molar-refractivity contribution >= 4 is 29.6 Å². The Hall–Kier alpha value is 0.960. The number of rotatable bonds is 27. The summed E-state index contributed by atoms with van der Waals surface area (Å²) in [4.78, 5) is 2.95. The summed E-state index contributed by atoms with van der Waals surface area (Å²) in [6.45, 7) is 18.5. The first kappa shape index (κ1) is 39.1. The van der Waals surface area contributed by atoms with Gasteiger partial charge in [0, 0.05) is 40.6 Å². The van der Waals surface area contributed by atoms with Crippen LogP contribution in [0, 0.1) is 0 Å². The van der Waals surface area contributed by atoms with Gasteiger partial charge in [-0.3, -0.25) is 4.90 Å². The van der Waals surface area contributed by atoms with Crippen LogP contribution in [0.2, 0.25) is 0 Å². The van der Waals surface area contributed by atoms with Crippen LogP contribution in [0.3, 0.4) is 0 Å². The van der Waals surface area contributed by atoms with Crippen molar-refractivity contribution in [2.24, 2.45) is 0 Å². The molecule has 0 aliphatic rings. The molecule has 0 saturated heterocycles. The van der Waals surface area contributed by atoms with E-state index in [1.807, 2.05) is 0 Å². The van der Waals surface area contributed by atoms with Gasteiger partial charge in [-0.05, 0) is 53.5 Å². The van der Waals surface area contributed by atoms with Crippen molar-refractivity contribution < 1.29 is 0 Å². The third-order valence-corrected chi connectivity index (χ3v) is 8.48. The molecule has 213 valence electrons. The standard InChI is InChI=1S/C34H71N.Na/c1-8-11-14-17-20-23-26-29-32-35(33(4,5)30-27-24-21-18-15-12-9-2)34(6,7)31-28-25-22-19-16-13-10-3;/h8-32H2,1-7H3;. The van der Waals surface area contributed by atoms with E-state index < -0.39 is 0 Å². The van der Waals surface area contributed by atoms with Crippen LogP contribution < -0.4 is 0 Å². The van der Waals surface area contributed by atoms with Crippen molar-refractivity contribution in [3.05, 3.63) is 0 Å². The van der Waals surface area contributed by atoms with E-state index in [9.17, 15) is 0 Å². The van der Waals surface area contributed by atoms with Gasteiger partial charge in [0.15, 0.2) is 0 Å². The molecule has 0 spiro atoms. The number of hydrogen-bond donors (Lipinski definition) is 0. The monoisotopic (exact) mass is 517 g/mol. The number of unbranched alkanes of at least 4 members (excludes halogenated alkanes) is 19. The van der Waals surface area contributed by atoms with Gasteiger partial charge in [-0.2, -0.15) is 0 Å². The van der Waals surface area contributed by atoms with Crippen LogP contribution >= 0.6 is 0 Å². The molecule has 0 heterocycles. The third kappa shape index (κ3) is 21.8. The zero-order chi connectivity index (χ0) is 26.3. The second-order valence-electron chi connectivity index (χ2n) is 13.0. The van der Waals surface area contributed by atoms with Crippen LogP contribution in [0.25, 0.3) is 0 Å². The van der Waals surface area contributed by atoms with E-state index in [0.29, 0.717) is 11.1 Å². The molecule has 0 aromatic rings. The van der Waals surface area contributed by atoms with Gasteiger partial charge in [0.2, 0.25) is 0 Å². The Kier molecular flexibility index (Phi) is 28.5. The first-order chi connectivity index (χ1) is 16.8. The van der Waals surface area contributed by atoms with Crippen LogP contribution in [-0.4, -0.2) is 52.1 Å². The van der Waals surface area contributed by atoms with Gasteiger partial charge in [-0.1, -0.05) is 156 Å². The predicted molar refractivity (Wildman–Crippen MR) is 168 cm³/mol. The Balaban J connectivity index is 0. The Morgan fingerprint density at radius 2 is 0.611 bits per heavy atom. The van der Waals surface area contributed by atoms with E-state index in [-0.39, 0.29) is 29.6 Å². The van der Waals surface area contributed by atoms with Gasteiger partial charge < -0.3 is 0 Å². The Morgan fingerprint density at radius 3 is 0.917 bits per heavy atom. The van der Waals surface area contributed by atoms with Crippen molar-refractivity contribution in [2.75, 3.05) is 6.54 Å². The summed E-state index contributed by atoms with van der Waals surface area (Å²) in [6, 6.07) is 0. The van der Waals surface area contributed by atoms with Crippen molar-refractivity contribution in [3.63, 3.8) is 0 Å². The second-order valence-corrected chi connectivity index (χ2v) is 13.0. The van der Waals surface area contributed by atoms with E-state index in [1.54, 1.807) is 0 Å². The first-order valence-electron chi connectivity index (χ1n) is 16.6. The normalized spacial score (nSPS) is 12.3. The molecule has 0 rings (SSSR count). The molecule has 0 N–H and O–H groups in total. The molecule has 0 aliphatic heterocycles. The van der Waals surface area contributed by atoms with Crippen molar-refractivity contribution in [2.45, 2.75) is 214 Å². The molecule has 0 saturated carbocycles. The summed E-state index contributed by atoms with van der Waals surface area (Å²) < 4.78 is 0. The fourth-order valence-electron chi connectivity index (χ4n) is 6.13. The van der Waals surface area contributed by atoms with Gasteiger partial charge in [0.05, 0.1) is 0 Å². The third-order valence-electron chi connectivity index (χ3n) is 8.48. The van der Waals surface area contributed by atoms with Crippen LogP contribution in [-0.2, 0) is 0 Å². The summed E-state index contributed by atoms with van der Waals surface area (Å²) in [5.74, 6) is 0. The van der Waals surface area contributed by atoms with Crippen LogP contribution in [0.15, 0.2) is 0 Å². The van der Waals surface area contributed by atoms with Crippen molar-refractivity contribution in [1.29, 1.82) is 0 Å². The first-order valence-corrected chi connectivity index (χ1v) is 16.6. The van der Waals surface area contributed by atoms with E-state index in [4.69, 9.17) is 0 Å². The molecule has 0 unspecified atom stereocenters. The minimum Gasteiger partial charge on any atom is -0.293 e. The molecule has 36 heavy (non-hydrogen) atoms. The van der Waals surface area contributed by atoms with E-state index in [1.165, 1.54) is 161 Å². The topological polar surface area (TPSA) is 3.24 Å². The predicted octanol–water partition coefficient (Wildman–Crippen LogP) is 11.9. The summed E-state index contributed by atoms with van der Waals surface area (Å²) in [7, 11) is 0. The van der Waals surface area contributed by atoms with Crippen LogP contribution in [0.4, 0.5) is 0 Å². The molecule has 0 amide bonds. The Bertz CT molecular complexity index is 401. The summed E-state index contributed by atoms with van der Waals surface area (Å²) in [6.07, 6.45) is 33.9. The molecule has 1 radical (unpaired) electrons. The SMILES string of the molecule is CCCCCCCCCCN(C(C)(C)CCCCCCCCC)C(C)(C)CCCCCCCCC.[Na]. The Morgan fingerprint density at radius 1 is 0.361 bits per heavy atom. The molecule has 0 aliphatic carbocycles. The van der Waals surface area contributed by atoms with Crippen LogP contribution in [0.5, 0.6) is 0 Å². The van der Waals surface area contributed by atoms with Gasteiger partial charge in [-0.15, -0.1) is 0 Å². The smallest absolute Gasteiger partial charge is 0.0158 e. The zero-order valence-electron chi connectivity index (χ0n) is 27.1. The molecule has 0 atom stereocenters. The fraction of sp³-hybridized carbons (Fsp3) is 1.00. The molecule has 0 fully saturated rings. The van der Waals surface area contributed by atoms with E-state index in [2.05, 4.69) is 53.4 Å². The van der Waals surface area contributed by atoms with Gasteiger partial charge in [-0.25, -0.2) is 0 Å². The minimum atomic E-state index is 0. The molecule has 0 bridgehead atoms. The number of hydrogen-bond acceptors (Lipinski definition) is 1. The average molecular weight is 517 g/mol. The summed E-state index contributed by atoms with van der Waals surface area (Å²) in [5.41, 5.74) is 0.629.